The van der Waals surface area contributed by atoms with Gasteiger partial charge in [-0.1, -0.05) is 44.2 Å². The molecule has 15 heteroatoms. The predicted octanol–water partition coefficient (Wildman–Crippen LogP) is 7.05. The fourth-order valence-corrected chi connectivity index (χ4v) is 8.27. The monoisotopic (exact) mass is 870 g/mol. The third-order valence-electron chi connectivity index (χ3n) is 11.7. The zero-order valence-electron chi connectivity index (χ0n) is 36.9. The van der Waals surface area contributed by atoms with Gasteiger partial charge in [0, 0.05) is 46.7 Å². The van der Waals surface area contributed by atoms with Gasteiger partial charge in [0.2, 0.25) is 0 Å². The number of pyridine rings is 2. The highest BCUT2D eigenvalue weighted by atomic mass is 16.5. The molecule has 0 radical (unpaired) electrons. The molecule has 0 saturated carbocycles. The van der Waals surface area contributed by atoms with Crippen LogP contribution in [0.5, 0.6) is 23.0 Å². The van der Waals surface area contributed by atoms with Gasteiger partial charge in [0.1, 0.15) is 12.2 Å². The molecule has 0 spiro atoms. The maximum Gasteiger partial charge on any atom is 0.252 e. The van der Waals surface area contributed by atoms with Gasteiger partial charge in [-0.25, -0.2) is 0 Å². The molecular weight excluding hydrogens is 813 g/mol. The number of ether oxygens (including phenoxy) is 4. The van der Waals surface area contributed by atoms with Crippen molar-refractivity contribution in [1.82, 2.24) is 20.6 Å². The molecule has 0 unspecified atom stereocenters. The number of nitrogens with zero attached hydrogens (tertiary/aromatic N) is 2. The summed E-state index contributed by atoms with van der Waals surface area (Å²) in [4.78, 5) is 33.4. The van der Waals surface area contributed by atoms with Crippen molar-refractivity contribution >= 4 is 56.4 Å². The van der Waals surface area contributed by atoms with E-state index in [1.807, 2.05) is 67.6 Å². The SMILES string of the molecule is CCc1c(CO)cccc1Nc1c(C(N)=O)cnc2cc(OC3CCNCC3)c(OC)cc12.CCc1ccccc1Nc1c(C(N)=O)cnc2cc(OC)c(OC3CCNCC3)cc12. The number of aliphatic hydroxyl groups is 1. The molecule has 2 fully saturated rings. The minimum atomic E-state index is -0.586. The number of piperidine rings is 2. The van der Waals surface area contributed by atoms with Crippen molar-refractivity contribution in [3.8, 4) is 23.0 Å². The summed E-state index contributed by atoms with van der Waals surface area (Å²) in [7, 11) is 3.21. The summed E-state index contributed by atoms with van der Waals surface area (Å²) >= 11 is 0. The summed E-state index contributed by atoms with van der Waals surface area (Å²) in [6.45, 7) is 7.73. The van der Waals surface area contributed by atoms with Gasteiger partial charge in [-0.15, -0.1) is 0 Å². The number of benzene rings is 4. The highest BCUT2D eigenvalue weighted by Crippen LogP contribution is 2.40. The number of aromatic nitrogens is 2. The molecule has 2 aliphatic rings. The van der Waals surface area contributed by atoms with Gasteiger partial charge in [-0.05, 0) is 106 Å². The lowest BCUT2D eigenvalue weighted by atomic mass is 10.0. The molecular formula is C49H58N8O7. The number of primary amides is 2. The van der Waals surface area contributed by atoms with Crippen LogP contribution in [0, 0.1) is 0 Å². The average Bonchev–Trinajstić information content (AvgIpc) is 3.32. The summed E-state index contributed by atoms with van der Waals surface area (Å²) < 4.78 is 23.8. The number of nitrogens with two attached hydrogens (primary N) is 2. The summed E-state index contributed by atoms with van der Waals surface area (Å²) in [5.41, 5.74) is 19.2. The average molecular weight is 871 g/mol. The number of hydrogen-bond donors (Lipinski definition) is 7. The van der Waals surface area contributed by atoms with E-state index in [1.54, 1.807) is 14.2 Å². The van der Waals surface area contributed by atoms with Gasteiger partial charge < -0.3 is 56.8 Å². The minimum absolute atomic E-state index is 0.0658. The standard InChI is InChI=1S/C25H30N4O4.C24H28N4O3/c1-3-17-15(14-30)5-4-6-20(17)29-24-18-11-22(32-2)23(33-16-7-9-27-10-8-16)12-21(18)28-13-19(24)25(26)31;1-3-15-6-4-5-7-19(15)28-23-17-12-22(31-16-8-10-26-11-9-16)21(30-2)13-20(17)27-14-18(23)24(25)29/h4-6,11-13,16,27,30H,3,7-10,14H2,1-2H3,(H2,26,31)(H,28,29);4-7,12-14,16,26H,3,8-11H2,1-2H3,(H2,25,29)(H,27,28). The third kappa shape index (κ3) is 10.2. The molecule has 2 aliphatic heterocycles. The second-order valence-corrected chi connectivity index (χ2v) is 15.7. The number of aliphatic hydroxyl groups excluding tert-OH is 1. The number of methoxy groups -OCH3 is 2. The number of hydrogen-bond acceptors (Lipinski definition) is 13. The quantitative estimate of drug-likeness (QED) is 0.0551. The fraction of sp³-hybridized carbons (Fsp3) is 0.347. The Kier molecular flexibility index (Phi) is 15.0. The normalized spacial score (nSPS) is 14.3. The van der Waals surface area contributed by atoms with Crippen LogP contribution in [0.4, 0.5) is 22.7 Å². The van der Waals surface area contributed by atoms with Crippen molar-refractivity contribution in [3.05, 3.63) is 107 Å². The zero-order valence-corrected chi connectivity index (χ0v) is 36.9. The smallest absolute Gasteiger partial charge is 0.252 e. The van der Waals surface area contributed by atoms with E-state index in [-0.39, 0.29) is 24.4 Å². The molecule has 336 valence electrons. The van der Waals surface area contributed by atoms with E-state index in [1.165, 1.54) is 12.4 Å². The number of nitrogens with one attached hydrogen (secondary N) is 4. The highest BCUT2D eigenvalue weighted by molar-refractivity contribution is 6.09. The number of para-hydroxylation sites is 1. The lowest BCUT2D eigenvalue weighted by Gasteiger charge is -2.25. The van der Waals surface area contributed by atoms with Gasteiger partial charge >= 0.3 is 0 Å². The van der Waals surface area contributed by atoms with Crippen LogP contribution in [0.1, 0.15) is 76.9 Å². The first-order valence-electron chi connectivity index (χ1n) is 21.9. The topological polar surface area (TPSA) is 217 Å². The van der Waals surface area contributed by atoms with Crippen molar-refractivity contribution in [1.29, 1.82) is 0 Å². The van der Waals surface area contributed by atoms with Gasteiger partial charge in [0.25, 0.3) is 11.8 Å². The molecule has 2 aromatic heterocycles. The molecule has 2 saturated heterocycles. The number of fused-ring (bicyclic) bond motifs is 2. The van der Waals surface area contributed by atoms with Gasteiger partial charge in [0.15, 0.2) is 23.0 Å². The summed E-state index contributed by atoms with van der Waals surface area (Å²) in [5, 5.41) is 24.7. The largest absolute Gasteiger partial charge is 0.493 e. The first-order chi connectivity index (χ1) is 31.2. The molecule has 9 N–H and O–H groups in total. The maximum atomic E-state index is 12.3. The molecule has 4 heterocycles. The lowest BCUT2D eigenvalue weighted by Crippen LogP contribution is -2.34. The minimum Gasteiger partial charge on any atom is -0.493 e. The first-order valence-corrected chi connectivity index (χ1v) is 21.9. The molecule has 2 amide bonds. The van der Waals surface area contributed by atoms with E-state index < -0.39 is 11.8 Å². The zero-order chi connectivity index (χ0) is 45.2. The number of aryl methyl sites for hydroxylation is 1. The van der Waals surface area contributed by atoms with Gasteiger partial charge in [-0.3, -0.25) is 19.6 Å². The van der Waals surface area contributed by atoms with Crippen LogP contribution in [-0.2, 0) is 19.4 Å². The van der Waals surface area contributed by atoms with Crippen LogP contribution >= 0.6 is 0 Å². The molecule has 6 aromatic rings. The van der Waals surface area contributed by atoms with Crippen LogP contribution in [0.3, 0.4) is 0 Å². The highest BCUT2D eigenvalue weighted by Gasteiger charge is 2.23. The Morgan fingerprint density at radius 3 is 1.64 bits per heavy atom. The van der Waals surface area contributed by atoms with E-state index in [0.29, 0.717) is 62.8 Å². The predicted molar refractivity (Wildman–Crippen MR) is 251 cm³/mol. The Morgan fingerprint density at radius 1 is 0.656 bits per heavy atom. The Balaban J connectivity index is 0.000000192. The molecule has 0 atom stereocenters. The van der Waals surface area contributed by atoms with Crippen molar-refractivity contribution in [3.63, 3.8) is 0 Å². The number of carbonyl (C=O) groups is 2. The van der Waals surface area contributed by atoms with E-state index >= 15 is 0 Å². The van der Waals surface area contributed by atoms with Crippen LogP contribution in [0.15, 0.2) is 79.1 Å². The third-order valence-corrected chi connectivity index (χ3v) is 11.7. The molecule has 15 nitrogen and oxygen atoms in total. The number of amides is 2. The Labute approximate surface area is 373 Å². The summed E-state index contributed by atoms with van der Waals surface area (Å²) in [6, 6.07) is 21.1. The van der Waals surface area contributed by atoms with E-state index in [0.717, 1.165) is 91.7 Å². The van der Waals surface area contributed by atoms with Crippen molar-refractivity contribution in [2.24, 2.45) is 11.5 Å². The van der Waals surface area contributed by atoms with E-state index in [4.69, 9.17) is 30.4 Å². The van der Waals surface area contributed by atoms with E-state index in [2.05, 4.69) is 44.2 Å². The molecule has 64 heavy (non-hydrogen) atoms. The maximum absolute atomic E-state index is 12.3. The fourth-order valence-electron chi connectivity index (χ4n) is 8.27. The lowest BCUT2D eigenvalue weighted by molar-refractivity contribution is 0.0992. The van der Waals surface area contributed by atoms with Crippen molar-refractivity contribution in [2.75, 3.05) is 51.0 Å². The second kappa shape index (κ2) is 21.1. The summed E-state index contributed by atoms with van der Waals surface area (Å²) in [6.07, 6.45) is 8.47. The van der Waals surface area contributed by atoms with E-state index in [9.17, 15) is 14.7 Å². The van der Waals surface area contributed by atoms with Crippen LogP contribution < -0.4 is 51.7 Å². The van der Waals surface area contributed by atoms with Crippen LogP contribution in [-0.4, -0.2) is 79.5 Å². The summed E-state index contributed by atoms with van der Waals surface area (Å²) in [5.74, 6) is 1.31. The molecule has 0 bridgehead atoms. The van der Waals surface area contributed by atoms with Crippen LogP contribution in [0.25, 0.3) is 21.8 Å². The first kappa shape index (κ1) is 45.3. The Morgan fingerprint density at radius 2 is 1.12 bits per heavy atom. The van der Waals surface area contributed by atoms with Crippen molar-refractivity contribution in [2.45, 2.75) is 71.2 Å². The molecule has 8 rings (SSSR count). The van der Waals surface area contributed by atoms with Gasteiger partial charge in [0.05, 0.1) is 54.4 Å². The number of rotatable bonds is 15. The Hall–Kier alpha value is -6.68. The molecule has 0 aliphatic carbocycles. The molecule has 4 aromatic carbocycles. The number of carbonyl (C=O) groups excluding carboxylic acids is 2. The second-order valence-electron chi connectivity index (χ2n) is 15.7. The van der Waals surface area contributed by atoms with Gasteiger partial charge in [-0.2, -0.15) is 0 Å². The number of anilines is 4. The van der Waals surface area contributed by atoms with Crippen molar-refractivity contribution < 1.29 is 33.6 Å². The Bertz CT molecular complexity index is 2610. The van der Waals surface area contributed by atoms with Crippen LogP contribution in [0.2, 0.25) is 0 Å².